The lowest BCUT2D eigenvalue weighted by molar-refractivity contribution is 0.623. The van der Waals surface area contributed by atoms with Crippen LogP contribution in [0.4, 0.5) is 0 Å². The fourth-order valence-electron chi connectivity index (χ4n) is 1.40. The van der Waals surface area contributed by atoms with E-state index in [4.69, 9.17) is 0 Å². The molecule has 0 saturated heterocycles. The zero-order valence-electron chi connectivity index (χ0n) is 7.26. The third-order valence-corrected chi connectivity index (χ3v) is 2.12. The molecule has 0 atom stereocenters. The predicted molar refractivity (Wildman–Crippen MR) is 50.6 cm³/mol. The first kappa shape index (κ1) is 8.58. The van der Waals surface area contributed by atoms with Gasteiger partial charge in [0, 0.05) is 0 Å². The lowest BCUT2D eigenvalue weighted by Crippen LogP contribution is -1.76. The van der Waals surface area contributed by atoms with Crippen molar-refractivity contribution in [2.45, 2.75) is 44.9 Å². The minimum Gasteiger partial charge on any atom is -0.0845 e. The molecule has 0 unspecified atom stereocenters. The van der Waals surface area contributed by atoms with Crippen molar-refractivity contribution in [2.75, 3.05) is 0 Å². The summed E-state index contributed by atoms with van der Waals surface area (Å²) >= 11 is 0. The van der Waals surface area contributed by atoms with Gasteiger partial charge in [-0.05, 0) is 25.7 Å². The molecule has 0 radical (unpaired) electrons. The Hall–Kier alpha value is -0.520. The Bertz CT molecular complexity index is 115. The molecule has 0 bridgehead atoms. The van der Waals surface area contributed by atoms with Crippen molar-refractivity contribution in [1.29, 1.82) is 0 Å². The number of hydrogen-bond donors (Lipinski definition) is 0. The molecule has 11 heavy (non-hydrogen) atoms. The van der Waals surface area contributed by atoms with Crippen LogP contribution in [0.5, 0.6) is 0 Å². The van der Waals surface area contributed by atoms with Gasteiger partial charge in [-0.3, -0.25) is 0 Å². The average Bonchev–Trinajstić information content (AvgIpc) is 2.08. The van der Waals surface area contributed by atoms with Crippen LogP contribution in [-0.2, 0) is 0 Å². The largest absolute Gasteiger partial charge is 0.0845 e. The van der Waals surface area contributed by atoms with E-state index < -0.39 is 0 Å². The first-order chi connectivity index (χ1) is 5.50. The Kier molecular flexibility index (Phi) is 4.84. The second-order valence-corrected chi connectivity index (χ2v) is 3.20. The molecule has 1 rings (SSSR count). The molecular formula is C11H18. The lowest BCUT2D eigenvalue weighted by atomic mass is 10.1. The van der Waals surface area contributed by atoms with Gasteiger partial charge in [-0.1, -0.05) is 43.6 Å². The van der Waals surface area contributed by atoms with Gasteiger partial charge in [0.15, 0.2) is 0 Å². The molecule has 62 valence electrons. The normalized spacial score (nSPS) is 26.9. The summed E-state index contributed by atoms with van der Waals surface area (Å²) in [7, 11) is 0. The van der Waals surface area contributed by atoms with Crippen molar-refractivity contribution < 1.29 is 0 Å². The summed E-state index contributed by atoms with van der Waals surface area (Å²) < 4.78 is 0. The standard InChI is InChI=1S/C11H18/c1-2-4-6-8-10-11-9-7-5-3-1/h1-4H,5-11H2/b3-1-,4-2+. The van der Waals surface area contributed by atoms with Crippen molar-refractivity contribution in [1.82, 2.24) is 0 Å². The second kappa shape index (κ2) is 6.21. The molecule has 0 heterocycles. The first-order valence-electron chi connectivity index (χ1n) is 4.82. The smallest absolute Gasteiger partial charge is 0.0348 e. The van der Waals surface area contributed by atoms with Gasteiger partial charge in [0.2, 0.25) is 0 Å². The average molecular weight is 150 g/mol. The summed E-state index contributed by atoms with van der Waals surface area (Å²) in [6.07, 6.45) is 18.5. The molecule has 0 nitrogen and oxygen atoms in total. The zero-order valence-corrected chi connectivity index (χ0v) is 7.26. The van der Waals surface area contributed by atoms with Gasteiger partial charge in [0.05, 0.1) is 0 Å². The number of hydrogen-bond acceptors (Lipinski definition) is 0. The third-order valence-electron chi connectivity index (χ3n) is 2.12. The van der Waals surface area contributed by atoms with Crippen LogP contribution < -0.4 is 0 Å². The van der Waals surface area contributed by atoms with Crippen molar-refractivity contribution in [3.05, 3.63) is 24.3 Å². The summed E-state index contributed by atoms with van der Waals surface area (Å²) in [6, 6.07) is 0. The van der Waals surface area contributed by atoms with Crippen molar-refractivity contribution in [2.24, 2.45) is 0 Å². The van der Waals surface area contributed by atoms with E-state index >= 15 is 0 Å². The molecule has 0 saturated carbocycles. The van der Waals surface area contributed by atoms with Crippen LogP contribution in [0.15, 0.2) is 24.3 Å². The van der Waals surface area contributed by atoms with Crippen LogP contribution in [0, 0.1) is 0 Å². The van der Waals surface area contributed by atoms with E-state index in [1.54, 1.807) is 0 Å². The quantitative estimate of drug-likeness (QED) is 0.492. The highest BCUT2D eigenvalue weighted by atomic mass is 14.0. The van der Waals surface area contributed by atoms with Gasteiger partial charge in [-0.15, -0.1) is 0 Å². The molecular weight excluding hydrogens is 132 g/mol. The maximum atomic E-state index is 2.28. The van der Waals surface area contributed by atoms with Crippen LogP contribution in [0.1, 0.15) is 44.9 Å². The molecule has 0 aromatic heterocycles. The van der Waals surface area contributed by atoms with E-state index in [9.17, 15) is 0 Å². The van der Waals surface area contributed by atoms with Crippen molar-refractivity contribution in [3.8, 4) is 0 Å². The van der Waals surface area contributed by atoms with Crippen molar-refractivity contribution >= 4 is 0 Å². The highest BCUT2D eigenvalue weighted by molar-refractivity contribution is 5.02. The summed E-state index contributed by atoms with van der Waals surface area (Å²) in [4.78, 5) is 0. The first-order valence-corrected chi connectivity index (χ1v) is 4.82. The van der Waals surface area contributed by atoms with Gasteiger partial charge in [0.25, 0.3) is 0 Å². The van der Waals surface area contributed by atoms with Gasteiger partial charge >= 0.3 is 0 Å². The van der Waals surface area contributed by atoms with Gasteiger partial charge in [-0.25, -0.2) is 0 Å². The predicted octanol–water partition coefficient (Wildman–Crippen LogP) is 3.84. The number of rotatable bonds is 0. The van der Waals surface area contributed by atoms with Gasteiger partial charge in [-0.2, -0.15) is 0 Å². The van der Waals surface area contributed by atoms with Crippen LogP contribution in [-0.4, -0.2) is 0 Å². The summed E-state index contributed by atoms with van der Waals surface area (Å²) in [5.41, 5.74) is 0. The Morgan fingerprint density at radius 2 is 1.00 bits per heavy atom. The second-order valence-electron chi connectivity index (χ2n) is 3.20. The van der Waals surface area contributed by atoms with E-state index in [0.29, 0.717) is 0 Å². The van der Waals surface area contributed by atoms with Crippen LogP contribution in [0.25, 0.3) is 0 Å². The minimum atomic E-state index is 1.27. The lowest BCUT2D eigenvalue weighted by Gasteiger charge is -1.96. The highest BCUT2D eigenvalue weighted by Crippen LogP contribution is 2.09. The van der Waals surface area contributed by atoms with Crippen LogP contribution in [0.2, 0.25) is 0 Å². The monoisotopic (exact) mass is 150 g/mol. The van der Waals surface area contributed by atoms with E-state index in [0.717, 1.165) is 0 Å². The topological polar surface area (TPSA) is 0 Å². The van der Waals surface area contributed by atoms with Gasteiger partial charge in [0.1, 0.15) is 0 Å². The van der Waals surface area contributed by atoms with E-state index in [1.165, 1.54) is 44.9 Å². The highest BCUT2D eigenvalue weighted by Gasteiger charge is 1.89. The zero-order chi connectivity index (χ0) is 7.78. The Morgan fingerprint density at radius 3 is 1.55 bits per heavy atom. The molecule has 0 N–H and O–H groups in total. The van der Waals surface area contributed by atoms with Crippen LogP contribution in [0.3, 0.4) is 0 Å². The Balaban J connectivity index is 2.22. The molecule has 0 aromatic rings. The molecule has 0 aliphatic heterocycles. The fraction of sp³-hybridized carbons (Fsp3) is 0.636. The summed E-state index contributed by atoms with van der Waals surface area (Å²) in [5.74, 6) is 0. The molecule has 0 aromatic carbocycles. The third kappa shape index (κ3) is 4.83. The number of allylic oxidation sites excluding steroid dienone is 4. The maximum Gasteiger partial charge on any atom is -0.0348 e. The van der Waals surface area contributed by atoms with Crippen molar-refractivity contribution in [3.63, 3.8) is 0 Å². The minimum absolute atomic E-state index is 1.27. The molecule has 1 aliphatic rings. The maximum absolute atomic E-state index is 2.28. The Morgan fingerprint density at radius 1 is 0.545 bits per heavy atom. The molecule has 0 heteroatoms. The van der Waals surface area contributed by atoms with E-state index in [-0.39, 0.29) is 0 Å². The summed E-state index contributed by atoms with van der Waals surface area (Å²) in [6.45, 7) is 0. The molecule has 1 aliphatic carbocycles. The molecule has 0 fully saturated rings. The van der Waals surface area contributed by atoms with Crippen LogP contribution >= 0.6 is 0 Å². The Labute approximate surface area is 70.0 Å². The summed E-state index contributed by atoms with van der Waals surface area (Å²) in [5, 5.41) is 0. The molecule has 0 spiro atoms. The fourth-order valence-corrected chi connectivity index (χ4v) is 1.40. The van der Waals surface area contributed by atoms with Gasteiger partial charge < -0.3 is 0 Å². The van der Waals surface area contributed by atoms with E-state index in [1.807, 2.05) is 0 Å². The molecule has 0 amide bonds. The van der Waals surface area contributed by atoms with E-state index in [2.05, 4.69) is 24.3 Å². The SMILES string of the molecule is C1=C\CCCCCCC/C=C/1.